The lowest BCUT2D eigenvalue weighted by atomic mass is 10.0. The first-order chi connectivity index (χ1) is 14.3. The van der Waals surface area contributed by atoms with E-state index < -0.39 is 0 Å². The van der Waals surface area contributed by atoms with Crippen molar-refractivity contribution in [3.8, 4) is 16.8 Å². The molecule has 2 aromatic heterocycles. The molecule has 29 heavy (non-hydrogen) atoms. The number of benzene rings is 1. The van der Waals surface area contributed by atoms with E-state index in [0.717, 1.165) is 40.1 Å². The third-order valence-corrected chi connectivity index (χ3v) is 6.21. The maximum Gasteiger partial charge on any atom is 0.164 e. The Hall–Kier alpha value is -3.14. The summed E-state index contributed by atoms with van der Waals surface area (Å²) in [4.78, 5) is 1.08. The van der Waals surface area contributed by atoms with Crippen molar-refractivity contribution in [2.45, 2.75) is 26.6 Å². The quantitative estimate of drug-likeness (QED) is 0.667. The Bertz CT molecular complexity index is 1170. The summed E-state index contributed by atoms with van der Waals surface area (Å²) in [6, 6.07) is 10.5. The van der Waals surface area contributed by atoms with E-state index in [0.29, 0.717) is 13.2 Å². The van der Waals surface area contributed by atoms with E-state index in [2.05, 4.69) is 62.3 Å². The van der Waals surface area contributed by atoms with Gasteiger partial charge in [0.15, 0.2) is 5.82 Å². The molecule has 1 aromatic carbocycles. The third kappa shape index (κ3) is 3.51. The number of aromatic nitrogens is 3. The summed E-state index contributed by atoms with van der Waals surface area (Å²) in [5.41, 5.74) is 4.78. The van der Waals surface area contributed by atoms with Crippen LogP contribution in [0.3, 0.4) is 0 Å². The molecular weight excluding hydrogens is 380 g/mol. The molecule has 5 nitrogen and oxygen atoms in total. The topological polar surface area (TPSA) is 52.0 Å². The van der Waals surface area contributed by atoms with Crippen LogP contribution >= 0.6 is 11.3 Å². The van der Waals surface area contributed by atoms with E-state index >= 15 is 0 Å². The Morgan fingerprint density at radius 3 is 2.90 bits per heavy atom. The fourth-order valence-corrected chi connectivity index (χ4v) is 4.84. The molecule has 0 aliphatic carbocycles. The third-order valence-electron chi connectivity index (χ3n) is 5.03. The molecule has 1 N–H and O–H groups in total. The normalized spacial score (nSPS) is 14.7. The van der Waals surface area contributed by atoms with Crippen molar-refractivity contribution in [3.63, 3.8) is 0 Å². The number of dihydropyridines is 1. The van der Waals surface area contributed by atoms with Crippen LogP contribution in [0.1, 0.15) is 33.2 Å². The zero-order valence-electron chi connectivity index (χ0n) is 16.1. The molecule has 0 saturated carbocycles. The highest BCUT2D eigenvalue weighted by Crippen LogP contribution is 2.36. The predicted molar refractivity (Wildman–Crippen MR) is 114 cm³/mol. The molecule has 144 valence electrons. The largest absolute Gasteiger partial charge is 0.386 e. The van der Waals surface area contributed by atoms with Gasteiger partial charge in [0.25, 0.3) is 0 Å². The van der Waals surface area contributed by atoms with Crippen molar-refractivity contribution in [2.24, 2.45) is 0 Å². The molecule has 5 rings (SSSR count). The van der Waals surface area contributed by atoms with Gasteiger partial charge in [-0.1, -0.05) is 42.2 Å². The Kier molecular flexibility index (Phi) is 4.76. The number of hydrogen-bond acceptors (Lipinski definition) is 5. The zero-order valence-corrected chi connectivity index (χ0v) is 16.9. The van der Waals surface area contributed by atoms with E-state index in [-0.39, 0.29) is 0 Å². The van der Waals surface area contributed by atoms with Crippen LogP contribution in [0.25, 0.3) is 5.00 Å². The lowest BCUT2D eigenvalue weighted by Gasteiger charge is -2.07. The van der Waals surface area contributed by atoms with E-state index in [1.807, 2.05) is 25.3 Å². The maximum atomic E-state index is 5.95. The first kappa shape index (κ1) is 17.9. The fraction of sp³-hybridized carbons (Fsp3) is 0.217. The molecule has 0 amide bonds. The molecule has 0 radical (unpaired) electrons. The van der Waals surface area contributed by atoms with Gasteiger partial charge in [0.2, 0.25) is 0 Å². The maximum absolute atomic E-state index is 5.95. The molecule has 3 aromatic rings. The van der Waals surface area contributed by atoms with Crippen LogP contribution in [0.5, 0.6) is 0 Å². The summed E-state index contributed by atoms with van der Waals surface area (Å²) in [7, 11) is 0. The molecule has 4 heterocycles. The number of aryl methyl sites for hydroxylation is 1. The Labute approximate surface area is 173 Å². The van der Waals surface area contributed by atoms with Gasteiger partial charge in [-0.2, -0.15) is 0 Å². The molecule has 0 unspecified atom stereocenters. The lowest BCUT2D eigenvalue weighted by molar-refractivity contribution is 0.104. The lowest BCUT2D eigenvalue weighted by Crippen LogP contribution is -2.11. The first-order valence-electron chi connectivity index (χ1n) is 9.58. The minimum atomic E-state index is 0.471. The van der Waals surface area contributed by atoms with Crippen LogP contribution in [0.4, 0.5) is 0 Å². The average molecular weight is 401 g/mol. The summed E-state index contributed by atoms with van der Waals surface area (Å²) >= 11 is 1.71. The Morgan fingerprint density at radius 2 is 2.07 bits per heavy atom. The Balaban J connectivity index is 1.64. The van der Waals surface area contributed by atoms with E-state index in [1.54, 1.807) is 11.3 Å². The molecule has 0 bridgehead atoms. The molecule has 0 saturated heterocycles. The second-order valence-electron chi connectivity index (χ2n) is 7.03. The van der Waals surface area contributed by atoms with Gasteiger partial charge in [0.1, 0.15) is 17.4 Å². The van der Waals surface area contributed by atoms with Gasteiger partial charge in [0.05, 0.1) is 11.5 Å². The second kappa shape index (κ2) is 7.70. The molecule has 0 fully saturated rings. The monoisotopic (exact) mass is 400 g/mol. The van der Waals surface area contributed by atoms with Gasteiger partial charge >= 0.3 is 0 Å². The fourth-order valence-electron chi connectivity index (χ4n) is 3.59. The summed E-state index contributed by atoms with van der Waals surface area (Å²) in [6.07, 6.45) is 6.81. The summed E-state index contributed by atoms with van der Waals surface area (Å²) < 4.78 is 8.07. The number of fused-ring (bicyclic) bond motifs is 3. The molecule has 6 heteroatoms. The van der Waals surface area contributed by atoms with Gasteiger partial charge in [0, 0.05) is 17.7 Å². The number of nitrogens with zero attached hydrogens (tertiary/aromatic N) is 3. The van der Waals surface area contributed by atoms with Crippen LogP contribution in [0, 0.1) is 18.8 Å². The van der Waals surface area contributed by atoms with Crippen molar-refractivity contribution in [3.05, 3.63) is 87.5 Å². The number of allylic oxidation sites excluding steroid dienone is 2. The van der Waals surface area contributed by atoms with Crippen LogP contribution in [-0.4, -0.2) is 21.3 Å². The van der Waals surface area contributed by atoms with Crippen molar-refractivity contribution < 1.29 is 4.74 Å². The van der Waals surface area contributed by atoms with Crippen molar-refractivity contribution in [2.75, 3.05) is 6.54 Å². The number of nitrogens with one attached hydrogen (secondary N) is 1. The number of thiophene rings is 1. The first-order valence-corrected chi connectivity index (χ1v) is 10.4. The summed E-state index contributed by atoms with van der Waals surface area (Å²) in [5, 5.41) is 12.9. The minimum Gasteiger partial charge on any atom is -0.386 e. The second-order valence-corrected chi connectivity index (χ2v) is 8.03. The highest BCUT2D eigenvalue weighted by atomic mass is 32.1. The van der Waals surface area contributed by atoms with Crippen molar-refractivity contribution in [1.29, 1.82) is 0 Å². The van der Waals surface area contributed by atoms with Crippen LogP contribution in [0.15, 0.2) is 54.3 Å². The summed E-state index contributed by atoms with van der Waals surface area (Å²) in [5.74, 6) is 8.51. The van der Waals surface area contributed by atoms with E-state index in [9.17, 15) is 0 Å². The zero-order chi connectivity index (χ0) is 19.6. The van der Waals surface area contributed by atoms with Crippen molar-refractivity contribution >= 4 is 11.3 Å². The smallest absolute Gasteiger partial charge is 0.164 e. The van der Waals surface area contributed by atoms with E-state index in [1.165, 1.54) is 16.7 Å². The van der Waals surface area contributed by atoms with Gasteiger partial charge in [-0.25, -0.2) is 0 Å². The SMILES string of the molecule is Cc1nnc2n1-c1sc(C#CC3=CC=CNC3)c(Cc3ccccc3)c1COC2. The van der Waals surface area contributed by atoms with Crippen LogP contribution in [-0.2, 0) is 24.4 Å². The molecule has 2 aliphatic heterocycles. The standard InChI is InChI=1S/C23H20N4OS/c1-16-25-26-22-15-28-14-20-19(12-17-6-3-2-4-7-17)21(29-23(20)27(16)22)10-9-18-8-5-11-24-13-18/h2-8,11,24H,12-15H2,1H3. The van der Waals surface area contributed by atoms with Crippen molar-refractivity contribution in [1.82, 2.24) is 20.1 Å². The highest BCUT2D eigenvalue weighted by Gasteiger charge is 2.25. The number of hydrogen-bond donors (Lipinski definition) is 1. The Morgan fingerprint density at radius 1 is 1.17 bits per heavy atom. The van der Waals surface area contributed by atoms with Crippen LogP contribution < -0.4 is 5.32 Å². The van der Waals surface area contributed by atoms with Gasteiger partial charge in [-0.3, -0.25) is 4.57 Å². The molecule has 0 spiro atoms. The summed E-state index contributed by atoms with van der Waals surface area (Å²) in [6.45, 7) is 3.78. The average Bonchev–Trinajstić information content (AvgIpc) is 3.22. The molecule has 0 atom stereocenters. The minimum absolute atomic E-state index is 0.471. The molecular formula is C23H20N4OS. The van der Waals surface area contributed by atoms with Gasteiger partial charge in [-0.05, 0) is 42.8 Å². The van der Waals surface area contributed by atoms with Gasteiger partial charge in [-0.15, -0.1) is 21.5 Å². The van der Waals surface area contributed by atoms with Gasteiger partial charge < -0.3 is 10.1 Å². The highest BCUT2D eigenvalue weighted by molar-refractivity contribution is 7.15. The predicted octanol–water partition coefficient (Wildman–Crippen LogP) is 3.65. The number of rotatable bonds is 2. The molecule has 2 aliphatic rings. The van der Waals surface area contributed by atoms with Crippen LogP contribution in [0.2, 0.25) is 0 Å². The number of ether oxygens (including phenoxy) is 1. The van der Waals surface area contributed by atoms with E-state index in [4.69, 9.17) is 4.74 Å².